The van der Waals surface area contributed by atoms with Gasteiger partial charge in [0.25, 0.3) is 0 Å². The molecule has 3 rings (SSSR count). The fraction of sp³-hybridized carbons (Fsp3) is 0.500. The van der Waals surface area contributed by atoms with Gasteiger partial charge in [0.05, 0.1) is 34.9 Å². The Morgan fingerprint density at radius 1 is 1.22 bits per heavy atom. The first-order valence-electron chi connectivity index (χ1n) is 11.1. The Labute approximate surface area is 235 Å². The van der Waals surface area contributed by atoms with Gasteiger partial charge in [-0.05, 0) is 57.2 Å². The Morgan fingerprint density at radius 3 is 2.58 bits per heavy atom. The fourth-order valence-corrected chi connectivity index (χ4v) is 6.37. The van der Waals surface area contributed by atoms with Crippen molar-refractivity contribution in [2.45, 2.75) is 50.3 Å². The first kappa shape index (κ1) is 30.4. The van der Waals surface area contributed by atoms with Crippen LogP contribution in [0.5, 0.6) is 0 Å². The number of likely N-dealkylation sites (tertiary alicyclic amines) is 1. The third-order valence-corrected chi connectivity index (χ3v) is 8.23. The van der Waals surface area contributed by atoms with Crippen molar-refractivity contribution in [3.05, 3.63) is 40.7 Å². The molecule has 0 saturated carbocycles. The van der Waals surface area contributed by atoms with Gasteiger partial charge in [-0.2, -0.15) is 0 Å². The molecule has 1 aromatic carbocycles. The number of anilines is 1. The Kier molecular flexibility index (Phi) is 11.0. The summed E-state index contributed by atoms with van der Waals surface area (Å²) >= 11 is 6.14. The second-order valence-corrected chi connectivity index (χ2v) is 10.4. The summed E-state index contributed by atoms with van der Waals surface area (Å²) < 4.78 is 52.1. The predicted molar refractivity (Wildman–Crippen MR) is 121 cm³/mol. The molecule has 0 radical (unpaired) electrons. The van der Waals surface area contributed by atoms with Gasteiger partial charge in [0.2, 0.25) is 10.0 Å². The number of carboxylic acids is 1. The maximum absolute atomic E-state index is 13.8. The van der Waals surface area contributed by atoms with Gasteiger partial charge in [-0.3, -0.25) is 4.90 Å². The molecule has 14 heteroatoms. The second-order valence-electron chi connectivity index (χ2n) is 8.00. The summed E-state index contributed by atoms with van der Waals surface area (Å²) in [5.41, 5.74) is -0.225. The van der Waals surface area contributed by atoms with Crippen molar-refractivity contribution >= 4 is 45.3 Å². The van der Waals surface area contributed by atoms with Crippen LogP contribution < -0.4 is 39.0 Å². The predicted octanol–water partition coefficient (Wildman–Crippen LogP) is -1.03. The SMILES string of the molecule is CCOC(=O)C1=CCCCC1S(=O)(=O)N(COC(=O)N1CCCC1C(=O)[O-])c1ccc(F)cc1Cl.[Na+]. The molecule has 10 nitrogen and oxygen atoms in total. The van der Waals surface area contributed by atoms with Gasteiger partial charge in [0, 0.05) is 6.54 Å². The number of halogens is 2. The van der Waals surface area contributed by atoms with E-state index in [-0.39, 0.29) is 71.8 Å². The molecule has 1 saturated heterocycles. The average Bonchev–Trinajstić information content (AvgIpc) is 3.31. The minimum Gasteiger partial charge on any atom is -0.548 e. The number of nitrogens with zero attached hydrogens (tertiary/aromatic N) is 2. The van der Waals surface area contributed by atoms with Crippen LogP contribution in [0.4, 0.5) is 14.9 Å². The van der Waals surface area contributed by atoms with Crippen molar-refractivity contribution < 1.29 is 71.3 Å². The molecule has 36 heavy (non-hydrogen) atoms. The van der Waals surface area contributed by atoms with Crippen molar-refractivity contribution in [3.63, 3.8) is 0 Å². The number of rotatable bonds is 8. The van der Waals surface area contributed by atoms with Gasteiger partial charge in [-0.1, -0.05) is 17.7 Å². The smallest absolute Gasteiger partial charge is 0.548 e. The number of allylic oxidation sites excluding steroid dienone is 1. The Bertz CT molecular complexity index is 1130. The normalized spacial score (nSPS) is 19.6. The zero-order chi connectivity index (χ0) is 25.8. The van der Waals surface area contributed by atoms with Crippen molar-refractivity contribution in [2.24, 2.45) is 0 Å². The summed E-state index contributed by atoms with van der Waals surface area (Å²) in [4.78, 5) is 37.3. The van der Waals surface area contributed by atoms with Gasteiger partial charge in [0.15, 0.2) is 6.73 Å². The molecule has 1 amide bonds. The van der Waals surface area contributed by atoms with E-state index in [0.29, 0.717) is 23.6 Å². The van der Waals surface area contributed by atoms with Crippen molar-refractivity contribution in [3.8, 4) is 0 Å². The van der Waals surface area contributed by atoms with E-state index < -0.39 is 51.9 Å². The number of amides is 1. The second kappa shape index (κ2) is 13.1. The summed E-state index contributed by atoms with van der Waals surface area (Å²) in [6.45, 7) is 0.853. The van der Waals surface area contributed by atoms with E-state index in [9.17, 15) is 32.3 Å². The van der Waals surface area contributed by atoms with E-state index in [1.165, 1.54) is 6.08 Å². The summed E-state index contributed by atoms with van der Waals surface area (Å²) in [6.07, 6.45) is 2.07. The summed E-state index contributed by atoms with van der Waals surface area (Å²) in [6, 6.07) is 1.80. The third kappa shape index (κ3) is 6.71. The quantitative estimate of drug-likeness (QED) is 0.226. The summed E-state index contributed by atoms with van der Waals surface area (Å²) in [5.74, 6) is -2.94. The molecule has 2 atom stereocenters. The van der Waals surface area contributed by atoms with Crippen LogP contribution in [0.1, 0.15) is 39.0 Å². The minimum absolute atomic E-state index is 0. The molecule has 1 aromatic rings. The van der Waals surface area contributed by atoms with Crippen molar-refractivity contribution in [1.29, 1.82) is 0 Å². The maximum atomic E-state index is 13.8. The van der Waals surface area contributed by atoms with Gasteiger partial charge >= 0.3 is 41.6 Å². The van der Waals surface area contributed by atoms with Crippen LogP contribution in [-0.2, 0) is 29.1 Å². The summed E-state index contributed by atoms with van der Waals surface area (Å²) in [5, 5.41) is 9.71. The molecular weight excluding hydrogens is 530 g/mol. The number of ether oxygens (including phenoxy) is 2. The van der Waals surface area contributed by atoms with Gasteiger partial charge in [-0.15, -0.1) is 0 Å². The third-order valence-electron chi connectivity index (χ3n) is 5.80. The molecule has 0 spiro atoms. The van der Waals surface area contributed by atoms with Crippen LogP contribution >= 0.6 is 11.6 Å². The van der Waals surface area contributed by atoms with Crippen molar-refractivity contribution in [2.75, 3.05) is 24.2 Å². The topological polar surface area (TPSA) is 133 Å². The number of benzene rings is 1. The van der Waals surface area contributed by atoms with Gasteiger partial charge in [-0.25, -0.2) is 26.7 Å². The Morgan fingerprint density at radius 2 is 1.94 bits per heavy atom. The minimum atomic E-state index is -4.44. The molecule has 0 N–H and O–H groups in total. The number of esters is 1. The number of carbonyl (C=O) groups is 3. The van der Waals surface area contributed by atoms with Crippen molar-refractivity contribution in [1.82, 2.24) is 4.90 Å². The van der Waals surface area contributed by atoms with E-state index in [2.05, 4.69) is 0 Å². The van der Waals surface area contributed by atoms with Crippen LogP contribution in [0.3, 0.4) is 0 Å². The molecule has 1 heterocycles. The molecule has 1 aliphatic heterocycles. The monoisotopic (exact) mass is 554 g/mol. The maximum Gasteiger partial charge on any atom is 1.00 e. The molecular formula is C22H25ClFN2NaO8S. The number of carbonyl (C=O) groups excluding carboxylic acids is 3. The largest absolute Gasteiger partial charge is 1.00 e. The molecule has 0 bridgehead atoms. The number of sulfonamides is 1. The van der Waals surface area contributed by atoms with Crippen LogP contribution in [0.15, 0.2) is 29.8 Å². The summed E-state index contributed by atoms with van der Waals surface area (Å²) in [7, 11) is -4.44. The van der Waals surface area contributed by atoms with E-state index in [1.54, 1.807) is 6.92 Å². The van der Waals surface area contributed by atoms with E-state index in [0.717, 1.165) is 23.1 Å². The molecule has 0 aromatic heterocycles. The van der Waals surface area contributed by atoms with E-state index in [4.69, 9.17) is 21.1 Å². The molecule has 2 unspecified atom stereocenters. The van der Waals surface area contributed by atoms with E-state index in [1.807, 2.05) is 0 Å². The first-order chi connectivity index (χ1) is 16.6. The number of carboxylic acid groups (broad SMARTS) is 1. The molecule has 1 aliphatic carbocycles. The number of hydrogen-bond acceptors (Lipinski definition) is 8. The molecule has 1 fully saturated rings. The molecule has 192 valence electrons. The zero-order valence-corrected chi connectivity index (χ0v) is 23.5. The van der Waals surface area contributed by atoms with Crippen LogP contribution in [0.2, 0.25) is 5.02 Å². The standard InChI is InChI=1S/C22H26ClFN2O8S.Na/c1-2-33-21(29)15-6-3-4-8-19(15)35(31,32)26(17-10-9-14(24)12-16(17)23)13-34-22(30)25-11-5-7-18(25)20(27)28;/h6,9-10,12,18-19H,2-5,7-8,11,13H2,1H3,(H,27,28);/q;+1/p-1. The number of aliphatic carboxylic acids is 1. The van der Waals surface area contributed by atoms with Crippen LogP contribution in [-0.4, -0.2) is 62.5 Å². The zero-order valence-electron chi connectivity index (χ0n) is 19.9. The van der Waals surface area contributed by atoms with Crippen LogP contribution in [0, 0.1) is 5.82 Å². The fourth-order valence-electron chi connectivity index (χ4n) is 4.13. The van der Waals surface area contributed by atoms with Gasteiger partial charge < -0.3 is 19.4 Å². The van der Waals surface area contributed by atoms with E-state index >= 15 is 0 Å². The Balaban J connectivity index is 0.00000456. The Hall–Kier alpha value is -1.86. The number of hydrogen-bond donors (Lipinski definition) is 0. The first-order valence-corrected chi connectivity index (χ1v) is 12.9. The van der Waals surface area contributed by atoms with Gasteiger partial charge in [0.1, 0.15) is 11.1 Å². The van der Waals surface area contributed by atoms with Crippen LogP contribution in [0.25, 0.3) is 0 Å². The average molecular weight is 555 g/mol. The molecule has 2 aliphatic rings.